The van der Waals surface area contributed by atoms with Crippen molar-refractivity contribution in [3.8, 4) is 34.7 Å². The maximum absolute atomic E-state index is 10.3. The highest BCUT2D eigenvalue weighted by Crippen LogP contribution is 2.36. The summed E-state index contributed by atoms with van der Waals surface area (Å²) in [6.45, 7) is 3.83. The molecule has 1 atom stereocenters. The Labute approximate surface area is 163 Å². The normalized spacial score (nSPS) is 15.9. The molecule has 0 saturated heterocycles. The first kappa shape index (κ1) is 18.2. The van der Waals surface area contributed by atoms with Crippen LogP contribution >= 0.6 is 0 Å². The molecule has 0 amide bonds. The van der Waals surface area contributed by atoms with Crippen LogP contribution in [-0.2, 0) is 6.42 Å². The van der Waals surface area contributed by atoms with Crippen LogP contribution in [0.1, 0.15) is 49.5 Å². The number of rotatable bonds is 4. The van der Waals surface area contributed by atoms with Gasteiger partial charge in [0.15, 0.2) is 0 Å². The Bertz CT molecular complexity index is 1050. The summed E-state index contributed by atoms with van der Waals surface area (Å²) in [7, 11) is 0. The van der Waals surface area contributed by atoms with Gasteiger partial charge in [-0.25, -0.2) is 0 Å². The zero-order valence-corrected chi connectivity index (χ0v) is 15.8. The third-order valence-electron chi connectivity index (χ3n) is 4.85. The summed E-state index contributed by atoms with van der Waals surface area (Å²) in [5.41, 5.74) is 3.98. The van der Waals surface area contributed by atoms with Crippen molar-refractivity contribution >= 4 is 0 Å². The van der Waals surface area contributed by atoms with Gasteiger partial charge in [-0.2, -0.15) is 10.2 Å². The second-order valence-corrected chi connectivity index (χ2v) is 7.19. The summed E-state index contributed by atoms with van der Waals surface area (Å²) in [5.74, 6) is 1.37. The number of benzene rings is 2. The van der Waals surface area contributed by atoms with Crippen LogP contribution in [0.15, 0.2) is 40.9 Å². The van der Waals surface area contributed by atoms with Gasteiger partial charge >= 0.3 is 0 Å². The molecular weight excluding hydrogens is 354 g/mol. The lowest BCUT2D eigenvalue weighted by molar-refractivity contribution is 0.156. The standard InChI is InChI=1S/C22H21N3O3/c1-13(2)27-20-10-9-14(11-15(20)12-23)22-24-21(25-28-22)18-7-3-6-17-16(18)5-4-8-19(17)26/h3,6-7,9-11,13,19,26H,4-5,8H2,1-2H3. The van der Waals surface area contributed by atoms with E-state index in [1.54, 1.807) is 18.2 Å². The fourth-order valence-electron chi connectivity index (χ4n) is 3.59. The van der Waals surface area contributed by atoms with Gasteiger partial charge in [0.2, 0.25) is 5.82 Å². The molecule has 142 valence electrons. The fourth-order valence-corrected chi connectivity index (χ4v) is 3.59. The molecule has 28 heavy (non-hydrogen) atoms. The number of hydrogen-bond donors (Lipinski definition) is 1. The first-order chi connectivity index (χ1) is 13.6. The van der Waals surface area contributed by atoms with E-state index in [0.717, 1.165) is 36.0 Å². The van der Waals surface area contributed by atoms with Crippen LogP contribution in [0.2, 0.25) is 0 Å². The van der Waals surface area contributed by atoms with Crippen molar-refractivity contribution in [2.45, 2.75) is 45.3 Å². The SMILES string of the molecule is CC(C)Oc1ccc(-c2nc(-c3cccc4c3CCCC4O)no2)cc1C#N. The number of nitriles is 1. The average molecular weight is 375 g/mol. The maximum Gasteiger partial charge on any atom is 0.258 e. The number of aliphatic hydroxyl groups is 1. The molecule has 6 nitrogen and oxygen atoms in total. The molecule has 3 aromatic rings. The quantitative estimate of drug-likeness (QED) is 0.725. The van der Waals surface area contributed by atoms with Crippen molar-refractivity contribution in [3.05, 3.63) is 53.1 Å². The second-order valence-electron chi connectivity index (χ2n) is 7.19. The van der Waals surface area contributed by atoms with E-state index in [2.05, 4.69) is 16.2 Å². The van der Waals surface area contributed by atoms with Crippen molar-refractivity contribution in [2.75, 3.05) is 0 Å². The average Bonchev–Trinajstić information content (AvgIpc) is 3.18. The third-order valence-corrected chi connectivity index (χ3v) is 4.85. The summed E-state index contributed by atoms with van der Waals surface area (Å²) in [6, 6.07) is 13.2. The Morgan fingerprint density at radius 2 is 2.14 bits per heavy atom. The van der Waals surface area contributed by atoms with E-state index in [9.17, 15) is 10.4 Å². The van der Waals surface area contributed by atoms with Gasteiger partial charge in [-0.15, -0.1) is 0 Å². The molecule has 0 saturated carbocycles. The van der Waals surface area contributed by atoms with Gasteiger partial charge in [0.05, 0.1) is 17.8 Å². The lowest BCUT2D eigenvalue weighted by Crippen LogP contribution is -2.10. The predicted octanol–water partition coefficient (Wildman–Crippen LogP) is 4.43. The molecule has 1 aromatic heterocycles. The Morgan fingerprint density at radius 3 is 2.93 bits per heavy atom. The molecule has 0 bridgehead atoms. The highest BCUT2D eigenvalue weighted by atomic mass is 16.5. The molecule has 2 aromatic carbocycles. The van der Waals surface area contributed by atoms with Crippen LogP contribution < -0.4 is 4.74 Å². The summed E-state index contributed by atoms with van der Waals surface area (Å²) >= 11 is 0. The fraction of sp³-hybridized carbons (Fsp3) is 0.318. The van der Waals surface area contributed by atoms with Crippen molar-refractivity contribution in [1.82, 2.24) is 10.1 Å². The minimum absolute atomic E-state index is 0.0208. The molecule has 1 aliphatic rings. The van der Waals surface area contributed by atoms with Gasteiger partial charge in [-0.1, -0.05) is 23.4 Å². The molecular formula is C22H21N3O3. The number of aliphatic hydroxyl groups excluding tert-OH is 1. The molecule has 4 rings (SSSR count). The van der Waals surface area contributed by atoms with Crippen LogP contribution in [0.3, 0.4) is 0 Å². The number of ether oxygens (including phenoxy) is 1. The van der Waals surface area contributed by atoms with E-state index in [1.165, 1.54) is 0 Å². The van der Waals surface area contributed by atoms with E-state index in [1.807, 2.05) is 32.0 Å². The van der Waals surface area contributed by atoms with Gasteiger partial charge in [0.25, 0.3) is 5.89 Å². The monoisotopic (exact) mass is 375 g/mol. The number of hydrogen-bond acceptors (Lipinski definition) is 6. The zero-order valence-electron chi connectivity index (χ0n) is 15.8. The number of aromatic nitrogens is 2. The number of fused-ring (bicyclic) bond motifs is 1. The second kappa shape index (κ2) is 7.45. The Morgan fingerprint density at radius 1 is 1.29 bits per heavy atom. The van der Waals surface area contributed by atoms with Crippen molar-refractivity contribution < 1.29 is 14.4 Å². The lowest BCUT2D eigenvalue weighted by atomic mass is 9.86. The highest BCUT2D eigenvalue weighted by molar-refractivity contribution is 5.66. The first-order valence-electron chi connectivity index (χ1n) is 9.42. The minimum Gasteiger partial charge on any atom is -0.490 e. The molecule has 0 fully saturated rings. The van der Waals surface area contributed by atoms with Crippen molar-refractivity contribution in [1.29, 1.82) is 5.26 Å². The molecule has 1 aliphatic carbocycles. The van der Waals surface area contributed by atoms with E-state index in [0.29, 0.717) is 28.6 Å². The van der Waals surface area contributed by atoms with Crippen molar-refractivity contribution in [3.63, 3.8) is 0 Å². The molecule has 1 heterocycles. The van der Waals surface area contributed by atoms with Gasteiger partial charge in [-0.05, 0) is 62.4 Å². The third kappa shape index (κ3) is 3.37. The van der Waals surface area contributed by atoms with E-state index in [4.69, 9.17) is 9.26 Å². The van der Waals surface area contributed by atoms with Crippen LogP contribution in [0.5, 0.6) is 5.75 Å². The highest BCUT2D eigenvalue weighted by Gasteiger charge is 2.23. The summed E-state index contributed by atoms with van der Waals surface area (Å²) in [6.07, 6.45) is 2.12. The first-order valence-corrected chi connectivity index (χ1v) is 9.42. The van der Waals surface area contributed by atoms with Crippen LogP contribution in [0.4, 0.5) is 0 Å². The molecule has 0 spiro atoms. The predicted molar refractivity (Wildman–Crippen MR) is 104 cm³/mol. The Kier molecular flexibility index (Phi) is 4.84. The Hall–Kier alpha value is -3.17. The van der Waals surface area contributed by atoms with Gasteiger partial charge < -0.3 is 14.4 Å². The largest absolute Gasteiger partial charge is 0.490 e. The topological polar surface area (TPSA) is 92.2 Å². The minimum atomic E-state index is -0.443. The van der Waals surface area contributed by atoms with Crippen molar-refractivity contribution in [2.24, 2.45) is 0 Å². The van der Waals surface area contributed by atoms with E-state index >= 15 is 0 Å². The van der Waals surface area contributed by atoms with Crippen LogP contribution in [-0.4, -0.2) is 21.4 Å². The van der Waals surface area contributed by atoms with E-state index < -0.39 is 6.10 Å². The van der Waals surface area contributed by atoms with Crippen LogP contribution in [0, 0.1) is 11.3 Å². The smallest absolute Gasteiger partial charge is 0.258 e. The molecule has 0 radical (unpaired) electrons. The molecule has 6 heteroatoms. The van der Waals surface area contributed by atoms with Gasteiger partial charge in [0, 0.05) is 11.1 Å². The van der Waals surface area contributed by atoms with Gasteiger partial charge in [0.1, 0.15) is 11.8 Å². The lowest BCUT2D eigenvalue weighted by Gasteiger charge is -2.22. The summed E-state index contributed by atoms with van der Waals surface area (Å²) < 4.78 is 11.1. The maximum atomic E-state index is 10.3. The number of nitrogens with zero attached hydrogens (tertiary/aromatic N) is 3. The van der Waals surface area contributed by atoms with Crippen LogP contribution in [0.25, 0.3) is 22.8 Å². The molecule has 0 aliphatic heterocycles. The molecule has 1 unspecified atom stereocenters. The van der Waals surface area contributed by atoms with Gasteiger partial charge in [-0.3, -0.25) is 0 Å². The summed E-state index contributed by atoms with van der Waals surface area (Å²) in [4.78, 5) is 4.54. The molecule has 1 N–H and O–H groups in total. The van der Waals surface area contributed by atoms with E-state index in [-0.39, 0.29) is 6.10 Å². The zero-order chi connectivity index (χ0) is 19.7. The Balaban J connectivity index is 1.70. The summed E-state index contributed by atoms with van der Waals surface area (Å²) in [5, 5.41) is 23.8.